The summed E-state index contributed by atoms with van der Waals surface area (Å²) in [4.78, 5) is 27.3. The zero-order valence-electron chi connectivity index (χ0n) is 19.9. The Morgan fingerprint density at radius 1 is 0.946 bits per heavy atom. The Balaban J connectivity index is 1.59. The number of amides is 2. The lowest BCUT2D eigenvalue weighted by atomic mass is 9.59. The van der Waals surface area contributed by atoms with E-state index in [0.29, 0.717) is 33.1 Å². The van der Waals surface area contributed by atoms with E-state index in [1.807, 2.05) is 0 Å². The van der Waals surface area contributed by atoms with Crippen molar-refractivity contribution in [1.29, 1.82) is 0 Å². The molecule has 2 fully saturated rings. The summed E-state index contributed by atoms with van der Waals surface area (Å²) >= 11 is 6.25. The average molecular weight is 523 g/mol. The third-order valence-corrected chi connectivity index (χ3v) is 8.12. The highest BCUT2D eigenvalue weighted by atomic mass is 35.5. The van der Waals surface area contributed by atoms with Crippen molar-refractivity contribution in [1.82, 2.24) is 5.32 Å². The van der Waals surface area contributed by atoms with Crippen LogP contribution in [-0.4, -0.2) is 17.9 Å². The molecule has 1 aliphatic carbocycles. The van der Waals surface area contributed by atoms with Crippen LogP contribution in [0.2, 0.25) is 5.02 Å². The van der Waals surface area contributed by atoms with Crippen LogP contribution < -0.4 is 15.4 Å². The minimum atomic E-state index is -1.40. The number of nitrogens with one attached hydrogen (secondary N) is 2. The molecule has 2 aliphatic heterocycles. The Morgan fingerprint density at radius 2 is 1.73 bits per heavy atom. The first-order chi connectivity index (χ1) is 17.9. The molecule has 3 aromatic carbocycles. The van der Waals surface area contributed by atoms with E-state index in [0.717, 1.165) is 25.7 Å². The lowest BCUT2D eigenvalue weighted by Gasteiger charge is -2.46. The highest BCUT2D eigenvalue weighted by Gasteiger charge is 2.61. The van der Waals surface area contributed by atoms with Crippen LogP contribution in [0.15, 0.2) is 60.7 Å². The number of anilines is 1. The number of carbonyl (C=O) groups is 2. The van der Waals surface area contributed by atoms with Crippen LogP contribution in [0.4, 0.5) is 14.5 Å². The van der Waals surface area contributed by atoms with E-state index in [1.54, 1.807) is 36.4 Å². The summed E-state index contributed by atoms with van der Waals surface area (Å²) in [6.45, 7) is 0. The molecule has 3 unspecified atom stereocenters. The Labute approximate surface area is 218 Å². The fourth-order valence-corrected chi connectivity index (χ4v) is 6.48. The van der Waals surface area contributed by atoms with Crippen molar-refractivity contribution in [3.05, 3.63) is 94.0 Å². The van der Waals surface area contributed by atoms with Gasteiger partial charge < -0.3 is 15.4 Å². The molecule has 6 rings (SSSR count). The minimum absolute atomic E-state index is 0.0260. The average Bonchev–Trinajstić information content (AvgIpc) is 3.47. The molecule has 3 aromatic rings. The van der Waals surface area contributed by atoms with E-state index < -0.39 is 29.0 Å². The van der Waals surface area contributed by atoms with Crippen molar-refractivity contribution in [3.8, 4) is 5.75 Å². The van der Waals surface area contributed by atoms with Crippen LogP contribution in [0.5, 0.6) is 5.75 Å². The molecule has 1 spiro atoms. The molecule has 37 heavy (non-hydrogen) atoms. The Kier molecular flexibility index (Phi) is 5.91. The minimum Gasteiger partial charge on any atom is -0.490 e. The number of halogens is 3. The largest absolute Gasteiger partial charge is 0.490 e. The summed E-state index contributed by atoms with van der Waals surface area (Å²) in [7, 11) is 0. The Bertz CT molecular complexity index is 1410. The zero-order chi connectivity index (χ0) is 25.7. The normalized spacial score (nSPS) is 25.2. The van der Waals surface area contributed by atoms with E-state index >= 15 is 0 Å². The predicted molar refractivity (Wildman–Crippen MR) is 136 cm³/mol. The van der Waals surface area contributed by atoms with Gasteiger partial charge in [-0.25, -0.2) is 8.78 Å². The molecule has 2 N–H and O–H groups in total. The van der Waals surface area contributed by atoms with Crippen molar-refractivity contribution in [2.75, 3.05) is 5.32 Å². The molecule has 0 bridgehead atoms. The standard InChI is InChI=1S/C29H25ClF2N2O3/c30-17-8-10-22-24(13-17)33-28(36)29(22)23(16-4-3-5-18(31)12-16)15-26(35)34-27(29)21-14-19(32)9-11-25(21)37-20-6-1-2-7-20/h3-5,8-14,20,23,27H,1-2,6-7,15H2,(H,33,36)(H,34,35). The first-order valence-corrected chi connectivity index (χ1v) is 12.9. The van der Waals surface area contributed by atoms with Gasteiger partial charge in [0, 0.05) is 28.6 Å². The fraction of sp³-hybridized carbons (Fsp3) is 0.310. The van der Waals surface area contributed by atoms with Gasteiger partial charge in [0.25, 0.3) is 0 Å². The van der Waals surface area contributed by atoms with Gasteiger partial charge in [-0.05, 0) is 79.3 Å². The number of fused-ring (bicyclic) bond motifs is 2. The molecular weight excluding hydrogens is 498 g/mol. The number of carbonyl (C=O) groups excluding carboxylic acids is 2. The fourth-order valence-electron chi connectivity index (χ4n) is 6.31. The maximum absolute atomic E-state index is 14.8. The highest BCUT2D eigenvalue weighted by Crippen LogP contribution is 2.58. The molecule has 2 heterocycles. The molecule has 5 nitrogen and oxygen atoms in total. The van der Waals surface area contributed by atoms with Crippen molar-refractivity contribution in [3.63, 3.8) is 0 Å². The summed E-state index contributed by atoms with van der Waals surface area (Å²) in [5, 5.41) is 6.35. The lowest BCUT2D eigenvalue weighted by Crippen LogP contribution is -2.57. The van der Waals surface area contributed by atoms with Gasteiger partial charge >= 0.3 is 0 Å². The van der Waals surface area contributed by atoms with Gasteiger partial charge in [0.1, 0.15) is 22.8 Å². The quantitative estimate of drug-likeness (QED) is 0.430. The van der Waals surface area contributed by atoms with Crippen molar-refractivity contribution in [2.24, 2.45) is 0 Å². The third kappa shape index (κ3) is 3.96. The molecule has 2 amide bonds. The van der Waals surface area contributed by atoms with E-state index in [2.05, 4.69) is 10.6 Å². The summed E-state index contributed by atoms with van der Waals surface area (Å²) in [6.07, 6.45) is 3.78. The van der Waals surface area contributed by atoms with Crippen molar-refractivity contribution >= 4 is 29.1 Å². The third-order valence-electron chi connectivity index (χ3n) is 7.88. The van der Waals surface area contributed by atoms with Gasteiger partial charge in [-0.2, -0.15) is 0 Å². The van der Waals surface area contributed by atoms with Crippen LogP contribution in [0.3, 0.4) is 0 Å². The van der Waals surface area contributed by atoms with Crippen LogP contribution in [0.25, 0.3) is 0 Å². The first kappa shape index (κ1) is 23.9. The van der Waals surface area contributed by atoms with Gasteiger partial charge in [0.05, 0.1) is 12.1 Å². The van der Waals surface area contributed by atoms with E-state index in [4.69, 9.17) is 16.3 Å². The second-order valence-corrected chi connectivity index (χ2v) is 10.5. The molecule has 1 saturated carbocycles. The van der Waals surface area contributed by atoms with Crippen LogP contribution in [0, 0.1) is 11.6 Å². The van der Waals surface area contributed by atoms with Gasteiger partial charge in [-0.1, -0.05) is 29.8 Å². The van der Waals surface area contributed by atoms with Crippen LogP contribution in [0.1, 0.15) is 60.8 Å². The Hall–Kier alpha value is -3.45. The van der Waals surface area contributed by atoms with E-state index in [-0.39, 0.29) is 24.3 Å². The van der Waals surface area contributed by atoms with Crippen molar-refractivity contribution in [2.45, 2.75) is 55.6 Å². The van der Waals surface area contributed by atoms with Gasteiger partial charge in [-0.15, -0.1) is 0 Å². The Morgan fingerprint density at radius 3 is 2.51 bits per heavy atom. The smallest absolute Gasteiger partial charge is 0.238 e. The van der Waals surface area contributed by atoms with E-state index in [9.17, 15) is 18.4 Å². The number of ether oxygens (including phenoxy) is 1. The monoisotopic (exact) mass is 522 g/mol. The SMILES string of the molecule is O=C1CC(c2cccc(F)c2)C2(C(=O)Nc3cc(Cl)ccc32)C(c2cc(F)ccc2OC2CCCC2)N1. The maximum atomic E-state index is 14.8. The number of benzene rings is 3. The van der Waals surface area contributed by atoms with Gasteiger partial charge in [-0.3, -0.25) is 9.59 Å². The second kappa shape index (κ2) is 9.14. The second-order valence-electron chi connectivity index (χ2n) is 10.0. The summed E-state index contributed by atoms with van der Waals surface area (Å²) < 4.78 is 35.5. The molecule has 3 aliphatic rings. The summed E-state index contributed by atoms with van der Waals surface area (Å²) in [6, 6.07) is 14.3. The zero-order valence-corrected chi connectivity index (χ0v) is 20.7. The van der Waals surface area contributed by atoms with Crippen molar-refractivity contribution < 1.29 is 23.1 Å². The molecule has 0 aromatic heterocycles. The maximum Gasteiger partial charge on any atom is 0.238 e. The van der Waals surface area contributed by atoms with E-state index in [1.165, 1.54) is 24.3 Å². The molecular formula is C29H25ClF2N2O3. The molecule has 1 saturated heterocycles. The molecule has 190 valence electrons. The lowest BCUT2D eigenvalue weighted by molar-refractivity contribution is -0.131. The van der Waals surface area contributed by atoms with Gasteiger partial charge in [0.15, 0.2) is 0 Å². The summed E-state index contributed by atoms with van der Waals surface area (Å²) in [5.41, 5.74) is 0.599. The first-order valence-electron chi connectivity index (χ1n) is 12.5. The number of hydrogen-bond donors (Lipinski definition) is 2. The van der Waals surface area contributed by atoms with Gasteiger partial charge in [0.2, 0.25) is 11.8 Å². The predicted octanol–water partition coefficient (Wildman–Crippen LogP) is 6.17. The molecule has 3 atom stereocenters. The summed E-state index contributed by atoms with van der Waals surface area (Å²) in [5.74, 6) is -1.99. The van der Waals surface area contributed by atoms with Crippen LogP contribution in [-0.2, 0) is 15.0 Å². The highest BCUT2D eigenvalue weighted by molar-refractivity contribution is 6.31. The number of piperidine rings is 1. The topological polar surface area (TPSA) is 67.4 Å². The molecule has 0 radical (unpaired) electrons. The number of rotatable bonds is 4. The van der Waals surface area contributed by atoms with Crippen LogP contribution >= 0.6 is 11.6 Å². The number of hydrogen-bond acceptors (Lipinski definition) is 3. The molecule has 8 heteroatoms.